The van der Waals surface area contributed by atoms with Gasteiger partial charge in [0, 0.05) is 13.5 Å². The Kier molecular flexibility index (Phi) is 2.90. The van der Waals surface area contributed by atoms with Gasteiger partial charge in [-0.05, 0) is 12.5 Å². The van der Waals surface area contributed by atoms with Crippen LogP contribution in [0.2, 0.25) is 0 Å². The summed E-state index contributed by atoms with van der Waals surface area (Å²) in [6, 6.07) is 8.02. The molecule has 1 N–H and O–H groups in total. The fourth-order valence-electron chi connectivity index (χ4n) is 1.60. The van der Waals surface area contributed by atoms with Gasteiger partial charge >= 0.3 is 0 Å². The van der Waals surface area contributed by atoms with Gasteiger partial charge in [0.1, 0.15) is 0 Å². The average Bonchev–Trinajstić information content (AvgIpc) is 2.78. The van der Waals surface area contributed by atoms with Gasteiger partial charge in [0.05, 0.1) is 5.71 Å². The van der Waals surface area contributed by atoms with Gasteiger partial charge < -0.3 is 10.2 Å². The molecule has 4 heteroatoms. The Labute approximate surface area is 94.3 Å². The summed E-state index contributed by atoms with van der Waals surface area (Å²) in [7, 11) is 1.59. The standard InChI is InChI=1S/C12H14N2O2/c1-8-3-5-9(6-4-8)10-7-11(16-14-10)12(15)13-2/h3-6,11H,7H2,1-2H3,(H,13,15). The fraction of sp³-hybridized carbons (Fsp3) is 0.333. The summed E-state index contributed by atoms with van der Waals surface area (Å²) >= 11 is 0. The minimum absolute atomic E-state index is 0.133. The van der Waals surface area contributed by atoms with Crippen molar-refractivity contribution in [2.75, 3.05) is 7.05 Å². The van der Waals surface area contributed by atoms with Crippen LogP contribution in [0.4, 0.5) is 0 Å². The average molecular weight is 218 g/mol. The highest BCUT2D eigenvalue weighted by molar-refractivity contribution is 6.04. The maximum Gasteiger partial charge on any atom is 0.264 e. The third kappa shape index (κ3) is 2.05. The summed E-state index contributed by atoms with van der Waals surface area (Å²) in [4.78, 5) is 16.4. The number of hydrogen-bond donors (Lipinski definition) is 1. The molecular formula is C12H14N2O2. The largest absolute Gasteiger partial charge is 0.382 e. The Morgan fingerprint density at radius 3 is 2.75 bits per heavy atom. The molecule has 1 atom stereocenters. The number of oxime groups is 1. The first kappa shape index (κ1) is 10.7. The van der Waals surface area contributed by atoms with Crippen LogP contribution in [0.1, 0.15) is 17.5 Å². The molecule has 0 fully saturated rings. The van der Waals surface area contributed by atoms with Crippen molar-refractivity contribution in [1.82, 2.24) is 5.32 Å². The van der Waals surface area contributed by atoms with Gasteiger partial charge in [-0.1, -0.05) is 35.0 Å². The van der Waals surface area contributed by atoms with Crippen LogP contribution in [-0.2, 0) is 9.63 Å². The molecule has 2 rings (SSSR count). The molecule has 84 valence electrons. The number of carbonyl (C=O) groups is 1. The normalized spacial score (nSPS) is 18.9. The number of amides is 1. The lowest BCUT2D eigenvalue weighted by molar-refractivity contribution is -0.130. The molecule has 0 aromatic heterocycles. The van der Waals surface area contributed by atoms with E-state index in [1.165, 1.54) is 5.56 Å². The predicted molar refractivity (Wildman–Crippen MR) is 61.3 cm³/mol. The Bertz CT molecular complexity index is 423. The topological polar surface area (TPSA) is 50.7 Å². The second-order valence-corrected chi connectivity index (χ2v) is 3.82. The first-order valence-corrected chi connectivity index (χ1v) is 5.22. The van der Waals surface area contributed by atoms with Crippen LogP contribution < -0.4 is 5.32 Å². The van der Waals surface area contributed by atoms with E-state index in [-0.39, 0.29) is 5.91 Å². The van der Waals surface area contributed by atoms with Crippen LogP contribution in [-0.4, -0.2) is 24.8 Å². The molecule has 0 saturated carbocycles. The van der Waals surface area contributed by atoms with Gasteiger partial charge in [-0.2, -0.15) is 0 Å². The van der Waals surface area contributed by atoms with Crippen molar-refractivity contribution in [1.29, 1.82) is 0 Å². The van der Waals surface area contributed by atoms with E-state index in [1.807, 2.05) is 31.2 Å². The van der Waals surface area contributed by atoms with Crippen molar-refractivity contribution in [3.63, 3.8) is 0 Å². The minimum atomic E-state index is -0.485. The van der Waals surface area contributed by atoms with E-state index in [0.717, 1.165) is 11.3 Å². The van der Waals surface area contributed by atoms with E-state index in [2.05, 4.69) is 10.5 Å². The molecule has 0 aliphatic carbocycles. The predicted octanol–water partition coefficient (Wildman–Crippen LogP) is 1.23. The van der Waals surface area contributed by atoms with Crippen LogP contribution in [0.5, 0.6) is 0 Å². The van der Waals surface area contributed by atoms with Crippen LogP contribution >= 0.6 is 0 Å². The highest BCUT2D eigenvalue weighted by Crippen LogP contribution is 2.17. The van der Waals surface area contributed by atoms with Crippen molar-refractivity contribution in [2.45, 2.75) is 19.4 Å². The van der Waals surface area contributed by atoms with Gasteiger partial charge in [0.2, 0.25) is 6.10 Å². The molecule has 16 heavy (non-hydrogen) atoms. The number of likely N-dealkylation sites (N-methyl/N-ethyl adjacent to an activating group) is 1. The van der Waals surface area contributed by atoms with Crippen molar-refractivity contribution in [2.24, 2.45) is 5.16 Å². The molecule has 0 radical (unpaired) electrons. The zero-order chi connectivity index (χ0) is 11.5. The number of aryl methyl sites for hydroxylation is 1. The Hall–Kier alpha value is -1.84. The van der Waals surface area contributed by atoms with Gasteiger partial charge in [-0.25, -0.2) is 0 Å². The molecule has 0 saturated heterocycles. The smallest absolute Gasteiger partial charge is 0.264 e. The molecule has 0 bridgehead atoms. The summed E-state index contributed by atoms with van der Waals surface area (Å²) in [5.74, 6) is -0.133. The van der Waals surface area contributed by atoms with Crippen molar-refractivity contribution >= 4 is 11.6 Å². The molecule has 1 unspecified atom stereocenters. The molecule has 1 aromatic rings. The summed E-state index contributed by atoms with van der Waals surface area (Å²) < 4.78 is 0. The van der Waals surface area contributed by atoms with Gasteiger partial charge in [-0.15, -0.1) is 0 Å². The van der Waals surface area contributed by atoms with Crippen molar-refractivity contribution in [3.05, 3.63) is 35.4 Å². The lowest BCUT2D eigenvalue weighted by Gasteiger charge is -2.04. The Morgan fingerprint density at radius 2 is 2.12 bits per heavy atom. The molecule has 1 aliphatic rings. The molecule has 1 amide bonds. The van der Waals surface area contributed by atoms with Crippen LogP contribution in [0.15, 0.2) is 29.4 Å². The lowest BCUT2D eigenvalue weighted by atomic mass is 10.0. The fourth-order valence-corrected chi connectivity index (χ4v) is 1.60. The minimum Gasteiger partial charge on any atom is -0.382 e. The number of nitrogens with one attached hydrogen (secondary N) is 1. The number of nitrogens with zero attached hydrogens (tertiary/aromatic N) is 1. The zero-order valence-electron chi connectivity index (χ0n) is 9.36. The third-order valence-corrected chi connectivity index (χ3v) is 2.59. The first-order chi connectivity index (χ1) is 7.70. The molecule has 0 spiro atoms. The van der Waals surface area contributed by atoms with Crippen LogP contribution in [0, 0.1) is 6.92 Å². The Balaban J connectivity index is 2.08. The molecule has 1 aliphatic heterocycles. The van der Waals surface area contributed by atoms with Gasteiger partial charge in [0.15, 0.2) is 0 Å². The van der Waals surface area contributed by atoms with E-state index >= 15 is 0 Å². The van der Waals surface area contributed by atoms with E-state index < -0.39 is 6.10 Å². The monoisotopic (exact) mass is 218 g/mol. The van der Waals surface area contributed by atoms with Crippen molar-refractivity contribution < 1.29 is 9.63 Å². The summed E-state index contributed by atoms with van der Waals surface area (Å²) in [5.41, 5.74) is 3.04. The van der Waals surface area contributed by atoms with E-state index in [4.69, 9.17) is 4.84 Å². The Morgan fingerprint density at radius 1 is 1.44 bits per heavy atom. The summed E-state index contributed by atoms with van der Waals surface area (Å²) in [6.45, 7) is 2.03. The number of rotatable bonds is 2. The molecule has 1 heterocycles. The highest BCUT2D eigenvalue weighted by Gasteiger charge is 2.27. The number of benzene rings is 1. The van der Waals surface area contributed by atoms with E-state index in [9.17, 15) is 4.79 Å². The molecular weight excluding hydrogens is 204 g/mol. The molecule has 4 nitrogen and oxygen atoms in total. The second kappa shape index (κ2) is 4.35. The van der Waals surface area contributed by atoms with E-state index in [1.54, 1.807) is 7.05 Å². The maximum atomic E-state index is 11.3. The van der Waals surface area contributed by atoms with Crippen molar-refractivity contribution in [3.8, 4) is 0 Å². The highest BCUT2D eigenvalue weighted by atomic mass is 16.6. The van der Waals surface area contributed by atoms with Crippen LogP contribution in [0.3, 0.4) is 0 Å². The summed E-state index contributed by atoms with van der Waals surface area (Å²) in [6.07, 6.45) is 0.0456. The quantitative estimate of drug-likeness (QED) is 0.811. The number of carbonyl (C=O) groups excluding carboxylic acids is 1. The maximum absolute atomic E-state index is 11.3. The zero-order valence-corrected chi connectivity index (χ0v) is 9.36. The first-order valence-electron chi connectivity index (χ1n) is 5.22. The SMILES string of the molecule is CNC(=O)C1CC(c2ccc(C)cc2)=NO1. The molecule has 1 aromatic carbocycles. The summed E-state index contributed by atoms with van der Waals surface area (Å²) in [5, 5.41) is 6.49. The lowest BCUT2D eigenvalue weighted by Crippen LogP contribution is -2.31. The second-order valence-electron chi connectivity index (χ2n) is 3.82. The third-order valence-electron chi connectivity index (χ3n) is 2.59. The number of hydrogen-bond acceptors (Lipinski definition) is 3. The van der Waals surface area contributed by atoms with Gasteiger partial charge in [-0.3, -0.25) is 4.79 Å². The van der Waals surface area contributed by atoms with E-state index in [0.29, 0.717) is 6.42 Å². The van der Waals surface area contributed by atoms with Crippen LogP contribution in [0.25, 0.3) is 0 Å². The van der Waals surface area contributed by atoms with Gasteiger partial charge in [0.25, 0.3) is 5.91 Å².